The summed E-state index contributed by atoms with van der Waals surface area (Å²) in [6.07, 6.45) is 1.01. The minimum atomic E-state index is -1.86. The van der Waals surface area contributed by atoms with E-state index in [4.69, 9.17) is 38.4 Å². The van der Waals surface area contributed by atoms with E-state index in [1.54, 1.807) is 0 Å². The molecule has 1 saturated heterocycles. The molecule has 2 heterocycles. The summed E-state index contributed by atoms with van der Waals surface area (Å²) in [7, 11) is 0. The van der Waals surface area contributed by atoms with Crippen molar-refractivity contribution < 1.29 is 33.0 Å². The maximum Gasteiger partial charge on any atom is 0.323 e. The highest BCUT2D eigenvalue weighted by Gasteiger charge is 2.62. The Morgan fingerprint density at radius 2 is 2.05 bits per heavy atom. The first kappa shape index (κ1) is 32.8. The lowest BCUT2D eigenvalue weighted by Crippen LogP contribution is -2.45. The summed E-state index contributed by atoms with van der Waals surface area (Å²) < 4.78 is 42.5. The van der Waals surface area contributed by atoms with E-state index in [1.807, 2.05) is 19.9 Å². The molecule has 2 aliphatic heterocycles. The molecule has 230 valence electrons. The number of halogens is 4. The molecule has 0 unspecified atom stereocenters. The van der Waals surface area contributed by atoms with Crippen LogP contribution in [0.3, 0.4) is 0 Å². The Morgan fingerprint density at radius 3 is 2.67 bits per heavy atom. The molecule has 0 aliphatic carbocycles. The number of aliphatic hydroxyl groups excluding tert-OH is 1. The van der Waals surface area contributed by atoms with Crippen LogP contribution in [0.4, 0.5) is 8.78 Å². The SMILES string of the molecule is CC(C)(C[C@@H]1N[C@@H](C(=O)OC[C@@H](O)CC(N)=O)[C@H](c2cccc(Cl)c2F)[C@@]1(C#N)c1ccc(Cl)cc1F)C1=CCOCC1. The molecule has 5 atom stereocenters. The van der Waals surface area contributed by atoms with Crippen molar-refractivity contribution in [2.75, 3.05) is 19.8 Å². The number of rotatable bonds is 10. The summed E-state index contributed by atoms with van der Waals surface area (Å²) in [6.45, 7) is 4.31. The van der Waals surface area contributed by atoms with Gasteiger partial charge < -0.3 is 20.3 Å². The summed E-state index contributed by atoms with van der Waals surface area (Å²) >= 11 is 12.2. The molecule has 0 aromatic heterocycles. The number of nitrogens with two attached hydrogens (primary N) is 1. The van der Waals surface area contributed by atoms with Gasteiger partial charge in [0, 0.05) is 22.5 Å². The Labute approximate surface area is 258 Å². The van der Waals surface area contributed by atoms with E-state index in [0.29, 0.717) is 19.6 Å². The van der Waals surface area contributed by atoms with Crippen LogP contribution in [0.1, 0.15) is 50.2 Å². The van der Waals surface area contributed by atoms with Gasteiger partial charge in [-0.1, -0.05) is 66.9 Å². The van der Waals surface area contributed by atoms with Crippen LogP contribution in [0.5, 0.6) is 0 Å². The molecule has 2 aromatic carbocycles. The number of benzene rings is 2. The van der Waals surface area contributed by atoms with Gasteiger partial charge in [-0.3, -0.25) is 14.9 Å². The molecule has 4 rings (SSSR count). The lowest BCUT2D eigenvalue weighted by molar-refractivity contribution is -0.150. The van der Waals surface area contributed by atoms with E-state index in [1.165, 1.54) is 30.3 Å². The first-order valence-corrected chi connectivity index (χ1v) is 14.5. The molecular formula is C31H33Cl2F2N3O5. The minimum absolute atomic E-state index is 0.0814. The van der Waals surface area contributed by atoms with Crippen LogP contribution >= 0.6 is 23.2 Å². The molecule has 1 amide bonds. The summed E-state index contributed by atoms with van der Waals surface area (Å²) in [5.41, 5.74) is 3.60. The van der Waals surface area contributed by atoms with Crippen molar-refractivity contribution in [2.45, 2.75) is 62.6 Å². The average Bonchev–Trinajstić information content (AvgIpc) is 3.27. The first-order chi connectivity index (χ1) is 20.3. The third kappa shape index (κ3) is 6.71. The molecule has 0 spiro atoms. The van der Waals surface area contributed by atoms with Gasteiger partial charge in [0.05, 0.1) is 36.8 Å². The fourth-order valence-electron chi connectivity index (χ4n) is 6.26. The summed E-state index contributed by atoms with van der Waals surface area (Å²) in [5, 5.41) is 24.2. The van der Waals surface area contributed by atoms with Gasteiger partial charge in [0.1, 0.15) is 29.7 Å². The van der Waals surface area contributed by atoms with Crippen LogP contribution < -0.4 is 11.1 Å². The molecule has 1 fully saturated rings. The Morgan fingerprint density at radius 1 is 1.30 bits per heavy atom. The summed E-state index contributed by atoms with van der Waals surface area (Å²) in [5.74, 6) is -4.75. The molecule has 12 heteroatoms. The third-order valence-corrected chi connectivity index (χ3v) is 8.82. The molecule has 4 N–H and O–H groups in total. The number of hydrogen-bond acceptors (Lipinski definition) is 7. The molecule has 8 nitrogen and oxygen atoms in total. The van der Waals surface area contributed by atoms with Crippen LogP contribution in [0.15, 0.2) is 48.0 Å². The van der Waals surface area contributed by atoms with Crippen molar-refractivity contribution in [3.8, 4) is 6.07 Å². The van der Waals surface area contributed by atoms with E-state index in [9.17, 15) is 20.0 Å². The zero-order valence-corrected chi connectivity index (χ0v) is 25.2. The lowest BCUT2D eigenvalue weighted by Gasteiger charge is -2.39. The highest BCUT2D eigenvalue weighted by Crippen LogP contribution is 2.54. The van der Waals surface area contributed by atoms with E-state index in [0.717, 1.165) is 11.6 Å². The van der Waals surface area contributed by atoms with Crippen LogP contribution in [-0.4, -0.2) is 55.0 Å². The van der Waals surface area contributed by atoms with Gasteiger partial charge in [-0.05, 0) is 42.0 Å². The Balaban J connectivity index is 1.90. The number of carbonyl (C=O) groups excluding carboxylic acids is 2. The van der Waals surface area contributed by atoms with E-state index >= 15 is 8.78 Å². The zero-order chi connectivity index (χ0) is 31.5. The highest BCUT2D eigenvalue weighted by atomic mass is 35.5. The standard InChI is InChI=1S/C31H33Cl2F2N3O5/c1-30(2,17-8-10-42-11-9-17)14-24-31(16-36,21-7-6-18(32)12-23(21)34)26(20-4-3-5-22(33)27(20)35)28(38-24)29(41)43-15-19(39)13-25(37)40/h3-8,12,19,24,26,28,38-39H,9-11,13-15H2,1-2H3,(H2,37,40)/t19-,24-,26-,28+,31-/m0/s1. The number of aliphatic hydroxyl groups is 1. The van der Waals surface area contributed by atoms with Crippen molar-refractivity contribution in [2.24, 2.45) is 11.1 Å². The van der Waals surface area contributed by atoms with Crippen molar-refractivity contribution in [1.82, 2.24) is 5.32 Å². The van der Waals surface area contributed by atoms with Crippen molar-refractivity contribution in [1.29, 1.82) is 5.26 Å². The summed E-state index contributed by atoms with van der Waals surface area (Å²) in [4.78, 5) is 24.9. The normalized spacial score (nSPS) is 24.6. The second-order valence-electron chi connectivity index (χ2n) is 11.5. The lowest BCUT2D eigenvalue weighted by atomic mass is 9.61. The van der Waals surface area contributed by atoms with Gasteiger partial charge in [-0.15, -0.1) is 0 Å². The second-order valence-corrected chi connectivity index (χ2v) is 12.4. The average molecular weight is 637 g/mol. The Hall–Kier alpha value is -3.07. The Bertz CT molecular complexity index is 1460. The largest absolute Gasteiger partial charge is 0.462 e. The molecule has 0 radical (unpaired) electrons. The monoisotopic (exact) mass is 635 g/mol. The number of primary amides is 1. The van der Waals surface area contributed by atoms with Crippen molar-refractivity contribution in [3.63, 3.8) is 0 Å². The van der Waals surface area contributed by atoms with Crippen LogP contribution in [0.25, 0.3) is 0 Å². The fraction of sp³-hybridized carbons (Fsp3) is 0.452. The number of nitriles is 1. The predicted molar refractivity (Wildman–Crippen MR) is 156 cm³/mol. The molecule has 2 aromatic rings. The van der Waals surface area contributed by atoms with Gasteiger partial charge in [0.15, 0.2) is 0 Å². The van der Waals surface area contributed by atoms with Crippen LogP contribution in [0.2, 0.25) is 10.0 Å². The molecule has 2 aliphatic rings. The number of esters is 1. The van der Waals surface area contributed by atoms with Gasteiger partial charge in [0.25, 0.3) is 0 Å². The molecular weight excluding hydrogens is 603 g/mol. The molecule has 43 heavy (non-hydrogen) atoms. The quantitative estimate of drug-likeness (QED) is 0.254. The van der Waals surface area contributed by atoms with E-state index in [-0.39, 0.29) is 27.6 Å². The van der Waals surface area contributed by atoms with Crippen molar-refractivity contribution >= 4 is 35.1 Å². The molecule has 0 bridgehead atoms. The predicted octanol–water partition coefficient (Wildman–Crippen LogP) is 4.70. The van der Waals surface area contributed by atoms with Crippen LogP contribution in [-0.2, 0) is 24.5 Å². The van der Waals surface area contributed by atoms with E-state index < -0.39 is 71.5 Å². The number of amides is 1. The highest BCUT2D eigenvalue weighted by molar-refractivity contribution is 6.31. The van der Waals surface area contributed by atoms with Crippen LogP contribution in [0, 0.1) is 28.4 Å². The van der Waals surface area contributed by atoms with Crippen molar-refractivity contribution in [3.05, 3.63) is 80.9 Å². The van der Waals surface area contributed by atoms with Gasteiger partial charge in [-0.2, -0.15) is 5.26 Å². The maximum absolute atomic E-state index is 15.9. The topological polar surface area (TPSA) is 135 Å². The maximum atomic E-state index is 15.9. The second kappa shape index (κ2) is 13.3. The number of nitrogens with zero attached hydrogens (tertiary/aromatic N) is 1. The van der Waals surface area contributed by atoms with Gasteiger partial charge in [-0.25, -0.2) is 8.78 Å². The number of carbonyl (C=O) groups is 2. The number of ether oxygens (including phenoxy) is 2. The third-order valence-electron chi connectivity index (χ3n) is 8.29. The smallest absolute Gasteiger partial charge is 0.323 e. The zero-order valence-electron chi connectivity index (χ0n) is 23.7. The first-order valence-electron chi connectivity index (χ1n) is 13.8. The Kier molecular flexibility index (Phi) is 10.1. The number of nitrogens with one attached hydrogen (secondary N) is 1. The van der Waals surface area contributed by atoms with Gasteiger partial charge >= 0.3 is 5.97 Å². The van der Waals surface area contributed by atoms with Gasteiger partial charge in [0.2, 0.25) is 5.91 Å². The number of hydrogen-bond donors (Lipinski definition) is 3. The minimum Gasteiger partial charge on any atom is -0.462 e. The fourth-order valence-corrected chi connectivity index (χ4v) is 6.60. The molecule has 0 saturated carbocycles. The summed E-state index contributed by atoms with van der Waals surface area (Å²) in [6, 6.07) is 8.05. The van der Waals surface area contributed by atoms with E-state index in [2.05, 4.69) is 11.4 Å².